The van der Waals surface area contributed by atoms with Crippen molar-refractivity contribution in [2.75, 3.05) is 12.4 Å². The van der Waals surface area contributed by atoms with Crippen molar-refractivity contribution in [1.29, 1.82) is 0 Å². The summed E-state index contributed by atoms with van der Waals surface area (Å²) in [6.07, 6.45) is 4.47. The number of amides is 1. The van der Waals surface area contributed by atoms with E-state index in [1.807, 2.05) is 19.3 Å². The first-order chi connectivity index (χ1) is 10.0. The fourth-order valence-electron chi connectivity index (χ4n) is 1.99. The maximum atomic E-state index is 11.9. The number of nitrogens with one attached hydrogen (secondary N) is 2. The van der Waals surface area contributed by atoms with E-state index in [1.165, 1.54) is 0 Å². The lowest BCUT2D eigenvalue weighted by Gasteiger charge is -2.14. The predicted octanol–water partition coefficient (Wildman–Crippen LogP) is 2.32. The highest BCUT2D eigenvalue weighted by Crippen LogP contribution is 2.24. The molecule has 2 N–H and O–H groups in total. The SMILES string of the molecule is CCC(C)c1cc(Nc2cnn(C)c2)nnc1C(=O)NC.[HH].[HH]. The summed E-state index contributed by atoms with van der Waals surface area (Å²) in [4.78, 5) is 11.9. The number of carbonyl (C=O) groups excluding carboxylic acids is 1. The highest BCUT2D eigenvalue weighted by atomic mass is 16.1. The zero-order chi connectivity index (χ0) is 15.4. The first-order valence-corrected chi connectivity index (χ1v) is 6.90. The minimum atomic E-state index is -0.217. The summed E-state index contributed by atoms with van der Waals surface area (Å²) in [5.74, 6) is 0.610. The van der Waals surface area contributed by atoms with Crippen molar-refractivity contribution >= 4 is 17.4 Å². The molecule has 0 spiro atoms. The van der Waals surface area contributed by atoms with Crippen molar-refractivity contribution in [3.05, 3.63) is 29.7 Å². The number of rotatable bonds is 5. The van der Waals surface area contributed by atoms with Gasteiger partial charge in [-0.3, -0.25) is 9.48 Å². The van der Waals surface area contributed by atoms with Gasteiger partial charge in [0.2, 0.25) is 0 Å². The molecule has 2 aromatic rings. The van der Waals surface area contributed by atoms with Crippen molar-refractivity contribution in [2.45, 2.75) is 26.2 Å². The van der Waals surface area contributed by atoms with Gasteiger partial charge in [-0.15, -0.1) is 10.2 Å². The Morgan fingerprint density at radius 1 is 1.48 bits per heavy atom. The van der Waals surface area contributed by atoms with Crippen LogP contribution >= 0.6 is 0 Å². The van der Waals surface area contributed by atoms with Crippen molar-refractivity contribution in [1.82, 2.24) is 25.3 Å². The van der Waals surface area contributed by atoms with E-state index in [2.05, 4.69) is 39.8 Å². The van der Waals surface area contributed by atoms with Gasteiger partial charge >= 0.3 is 0 Å². The monoisotopic (exact) mass is 292 g/mol. The lowest BCUT2D eigenvalue weighted by atomic mass is 9.97. The summed E-state index contributed by atoms with van der Waals surface area (Å²) in [5.41, 5.74) is 2.09. The van der Waals surface area contributed by atoms with E-state index >= 15 is 0 Å². The van der Waals surface area contributed by atoms with Crippen LogP contribution < -0.4 is 10.6 Å². The van der Waals surface area contributed by atoms with E-state index in [0.29, 0.717) is 11.5 Å². The minimum Gasteiger partial charge on any atom is -0.354 e. The van der Waals surface area contributed by atoms with Crippen LogP contribution in [-0.4, -0.2) is 32.9 Å². The number of anilines is 2. The van der Waals surface area contributed by atoms with Gasteiger partial charge < -0.3 is 10.6 Å². The third kappa shape index (κ3) is 3.36. The molecule has 116 valence electrons. The summed E-state index contributed by atoms with van der Waals surface area (Å²) >= 11 is 0. The molecule has 0 radical (unpaired) electrons. The number of aryl methyl sites for hydroxylation is 1. The van der Waals surface area contributed by atoms with Gasteiger partial charge in [-0.25, -0.2) is 0 Å². The molecular weight excluding hydrogens is 268 g/mol. The predicted molar refractivity (Wildman–Crippen MR) is 84.8 cm³/mol. The van der Waals surface area contributed by atoms with Crippen LogP contribution in [0.2, 0.25) is 0 Å². The largest absolute Gasteiger partial charge is 0.354 e. The van der Waals surface area contributed by atoms with E-state index in [9.17, 15) is 4.79 Å². The molecule has 0 aliphatic rings. The van der Waals surface area contributed by atoms with Crippen LogP contribution in [0.15, 0.2) is 18.5 Å². The summed E-state index contributed by atoms with van der Waals surface area (Å²) < 4.78 is 1.70. The van der Waals surface area contributed by atoms with Crippen molar-refractivity contribution < 1.29 is 7.65 Å². The molecule has 0 aliphatic heterocycles. The van der Waals surface area contributed by atoms with Crippen molar-refractivity contribution in [2.24, 2.45) is 7.05 Å². The Balaban J connectivity index is 0.00000242. The lowest BCUT2D eigenvalue weighted by molar-refractivity contribution is 0.0955. The maximum Gasteiger partial charge on any atom is 0.271 e. The van der Waals surface area contributed by atoms with Crippen molar-refractivity contribution in [3.63, 3.8) is 0 Å². The van der Waals surface area contributed by atoms with Crippen LogP contribution in [0, 0.1) is 0 Å². The average Bonchev–Trinajstić information content (AvgIpc) is 2.90. The van der Waals surface area contributed by atoms with Gasteiger partial charge in [-0.2, -0.15) is 5.10 Å². The van der Waals surface area contributed by atoms with Gasteiger partial charge in [-0.05, 0) is 24.0 Å². The van der Waals surface area contributed by atoms with E-state index in [0.717, 1.165) is 17.7 Å². The van der Waals surface area contributed by atoms with Crippen LogP contribution in [0.5, 0.6) is 0 Å². The number of carbonyl (C=O) groups is 1. The van der Waals surface area contributed by atoms with E-state index in [-0.39, 0.29) is 14.7 Å². The van der Waals surface area contributed by atoms with Crippen LogP contribution in [0.3, 0.4) is 0 Å². The molecule has 7 heteroatoms. The Labute approximate surface area is 126 Å². The Bertz CT molecular complexity index is 646. The van der Waals surface area contributed by atoms with E-state index < -0.39 is 0 Å². The zero-order valence-corrected chi connectivity index (χ0v) is 12.7. The standard InChI is InChI=1S/C14H20N6O.2H2/c1-5-9(2)11-6-12(17-10-7-16-20(4)8-10)18-19-13(11)14(21)15-3;;/h6-9H,5H2,1-4H3,(H,15,21)(H,17,18);2*1H. The lowest BCUT2D eigenvalue weighted by Crippen LogP contribution is -2.22. The van der Waals surface area contributed by atoms with Gasteiger partial charge in [0, 0.05) is 23.1 Å². The minimum absolute atomic E-state index is 0. The molecule has 0 fully saturated rings. The summed E-state index contributed by atoms with van der Waals surface area (Å²) in [7, 11) is 3.43. The zero-order valence-electron chi connectivity index (χ0n) is 12.7. The Morgan fingerprint density at radius 3 is 2.81 bits per heavy atom. The Morgan fingerprint density at radius 2 is 2.24 bits per heavy atom. The molecule has 0 saturated heterocycles. The molecule has 7 nitrogen and oxygen atoms in total. The second-order valence-electron chi connectivity index (χ2n) is 4.95. The quantitative estimate of drug-likeness (QED) is 0.883. The van der Waals surface area contributed by atoms with Gasteiger partial charge in [0.25, 0.3) is 5.91 Å². The summed E-state index contributed by atoms with van der Waals surface area (Å²) in [5, 5.41) is 18.0. The smallest absolute Gasteiger partial charge is 0.271 e. The molecule has 1 amide bonds. The third-order valence-corrected chi connectivity index (χ3v) is 3.39. The summed E-state index contributed by atoms with van der Waals surface area (Å²) in [6, 6.07) is 1.87. The summed E-state index contributed by atoms with van der Waals surface area (Å²) in [6.45, 7) is 4.14. The maximum absolute atomic E-state index is 11.9. The van der Waals surface area contributed by atoms with Gasteiger partial charge in [0.15, 0.2) is 11.5 Å². The Hall–Kier alpha value is -2.44. The first kappa shape index (κ1) is 15.0. The molecule has 2 aromatic heterocycles. The number of hydrogen-bond acceptors (Lipinski definition) is 5. The topological polar surface area (TPSA) is 84.7 Å². The molecule has 0 aromatic carbocycles. The van der Waals surface area contributed by atoms with Crippen LogP contribution in [-0.2, 0) is 7.05 Å². The normalized spacial score (nSPS) is 12.0. The fourth-order valence-corrected chi connectivity index (χ4v) is 1.99. The second kappa shape index (κ2) is 6.34. The molecule has 0 bridgehead atoms. The van der Waals surface area contributed by atoms with Crippen LogP contribution in [0.4, 0.5) is 11.5 Å². The van der Waals surface area contributed by atoms with Gasteiger partial charge in [0.1, 0.15) is 0 Å². The molecule has 1 unspecified atom stereocenters. The van der Waals surface area contributed by atoms with E-state index in [1.54, 1.807) is 17.9 Å². The number of aromatic nitrogens is 4. The van der Waals surface area contributed by atoms with Crippen molar-refractivity contribution in [3.8, 4) is 0 Å². The van der Waals surface area contributed by atoms with Gasteiger partial charge in [0.05, 0.1) is 11.9 Å². The fraction of sp³-hybridized carbons (Fsp3) is 0.429. The molecule has 1 atom stereocenters. The highest BCUT2D eigenvalue weighted by Gasteiger charge is 2.18. The molecule has 2 rings (SSSR count). The highest BCUT2D eigenvalue weighted by molar-refractivity contribution is 5.93. The number of hydrogen-bond donors (Lipinski definition) is 2. The van der Waals surface area contributed by atoms with E-state index in [4.69, 9.17) is 0 Å². The second-order valence-corrected chi connectivity index (χ2v) is 4.95. The van der Waals surface area contributed by atoms with Crippen LogP contribution in [0.1, 0.15) is 45.1 Å². The number of nitrogens with zero attached hydrogens (tertiary/aromatic N) is 4. The first-order valence-electron chi connectivity index (χ1n) is 6.90. The average molecular weight is 292 g/mol. The molecule has 2 heterocycles. The molecule has 0 aliphatic carbocycles. The Kier molecular flexibility index (Phi) is 4.52. The molecular formula is C14H24N6O. The molecule has 0 saturated carbocycles. The van der Waals surface area contributed by atoms with Crippen LogP contribution in [0.25, 0.3) is 0 Å². The van der Waals surface area contributed by atoms with Gasteiger partial charge in [-0.1, -0.05) is 13.8 Å². The molecule has 21 heavy (non-hydrogen) atoms. The third-order valence-electron chi connectivity index (χ3n) is 3.39.